The zero-order valence-corrected chi connectivity index (χ0v) is 9.02. The van der Waals surface area contributed by atoms with Gasteiger partial charge < -0.3 is 0 Å². The van der Waals surface area contributed by atoms with Crippen LogP contribution in [0.4, 0.5) is 0 Å². The highest BCUT2D eigenvalue weighted by molar-refractivity contribution is 7.08. The van der Waals surface area contributed by atoms with Gasteiger partial charge in [-0.1, -0.05) is 4.49 Å². The van der Waals surface area contributed by atoms with Gasteiger partial charge in [0.25, 0.3) is 0 Å². The second-order valence-electron chi connectivity index (χ2n) is 2.87. The van der Waals surface area contributed by atoms with Crippen LogP contribution < -0.4 is 11.3 Å². The first-order valence-corrected chi connectivity index (χ1v) is 5.86. The first-order valence-electron chi connectivity index (χ1n) is 4.14. The summed E-state index contributed by atoms with van der Waals surface area (Å²) in [6, 6.07) is 2.22. The Morgan fingerprint density at radius 2 is 2.50 bits per heavy atom. The molecule has 14 heavy (non-hydrogen) atoms. The molecule has 2 aromatic heterocycles. The molecule has 0 saturated heterocycles. The zero-order chi connectivity index (χ0) is 9.80. The van der Waals surface area contributed by atoms with Gasteiger partial charge in [-0.05, 0) is 40.3 Å². The fraction of sp³-hybridized carbons (Fsp3) is 0.250. The van der Waals surface area contributed by atoms with Crippen molar-refractivity contribution in [2.75, 3.05) is 0 Å². The lowest BCUT2D eigenvalue weighted by molar-refractivity contribution is 0.560. The summed E-state index contributed by atoms with van der Waals surface area (Å²) >= 11 is 3.07. The van der Waals surface area contributed by atoms with Crippen LogP contribution in [0.1, 0.15) is 16.5 Å². The van der Waals surface area contributed by atoms with Crippen LogP contribution in [0, 0.1) is 0 Å². The third-order valence-electron chi connectivity index (χ3n) is 1.94. The molecule has 2 aromatic rings. The van der Waals surface area contributed by atoms with E-state index in [2.05, 4.69) is 31.8 Å². The number of nitrogens with two attached hydrogens (primary N) is 1. The number of thiophene rings is 1. The quantitative estimate of drug-likeness (QED) is 0.610. The Morgan fingerprint density at radius 1 is 1.57 bits per heavy atom. The summed E-state index contributed by atoms with van der Waals surface area (Å²) in [5.74, 6) is 5.49. The van der Waals surface area contributed by atoms with Crippen molar-refractivity contribution in [2.24, 2.45) is 5.84 Å². The normalized spacial score (nSPS) is 12.9. The average molecular weight is 226 g/mol. The van der Waals surface area contributed by atoms with Gasteiger partial charge in [0.15, 0.2) is 0 Å². The lowest BCUT2D eigenvalue weighted by Crippen LogP contribution is -2.28. The van der Waals surface area contributed by atoms with Gasteiger partial charge in [-0.2, -0.15) is 11.3 Å². The number of hydrogen-bond acceptors (Lipinski definition) is 6. The van der Waals surface area contributed by atoms with Crippen molar-refractivity contribution in [3.63, 3.8) is 0 Å². The molecule has 4 nitrogen and oxygen atoms in total. The number of hydrazine groups is 1. The van der Waals surface area contributed by atoms with Crippen LogP contribution >= 0.6 is 22.9 Å². The van der Waals surface area contributed by atoms with E-state index in [4.69, 9.17) is 5.84 Å². The third-order valence-corrected chi connectivity index (χ3v) is 3.45. The molecule has 2 rings (SSSR count). The number of nitrogens with zero attached hydrogens (tertiary/aromatic N) is 2. The summed E-state index contributed by atoms with van der Waals surface area (Å²) < 4.78 is 3.82. The standard InChI is InChI=1S/C8H10N4S2/c9-11-7(8-4-10-12-14-8)3-6-1-2-13-5-6/h1-2,4-5,7,11H,3,9H2. The number of aromatic nitrogens is 2. The smallest absolute Gasteiger partial charge is 0.0670 e. The molecule has 0 radical (unpaired) electrons. The molecule has 1 atom stereocenters. The highest BCUT2D eigenvalue weighted by Gasteiger charge is 2.12. The van der Waals surface area contributed by atoms with E-state index in [0.717, 1.165) is 11.3 Å². The Morgan fingerprint density at radius 3 is 3.07 bits per heavy atom. The van der Waals surface area contributed by atoms with E-state index in [0.29, 0.717) is 0 Å². The van der Waals surface area contributed by atoms with Gasteiger partial charge in [-0.3, -0.25) is 11.3 Å². The maximum atomic E-state index is 5.49. The van der Waals surface area contributed by atoms with Crippen molar-refractivity contribution in [3.8, 4) is 0 Å². The SMILES string of the molecule is NNC(Cc1ccsc1)c1cnns1. The molecule has 6 heteroatoms. The van der Waals surface area contributed by atoms with Crippen molar-refractivity contribution in [1.29, 1.82) is 0 Å². The minimum atomic E-state index is 0.115. The predicted molar refractivity (Wildman–Crippen MR) is 58.0 cm³/mol. The number of rotatable bonds is 4. The zero-order valence-electron chi connectivity index (χ0n) is 7.38. The highest BCUT2D eigenvalue weighted by atomic mass is 32.1. The van der Waals surface area contributed by atoms with Gasteiger partial charge in [0.05, 0.1) is 17.1 Å². The molecule has 0 bridgehead atoms. The maximum absolute atomic E-state index is 5.49. The minimum absolute atomic E-state index is 0.115. The second-order valence-corrected chi connectivity index (χ2v) is 4.47. The molecule has 0 saturated carbocycles. The summed E-state index contributed by atoms with van der Waals surface area (Å²) in [4.78, 5) is 1.07. The van der Waals surface area contributed by atoms with E-state index in [-0.39, 0.29) is 6.04 Å². The molecular formula is C8H10N4S2. The Labute approximate surface area is 89.9 Å². The van der Waals surface area contributed by atoms with Gasteiger partial charge in [-0.15, -0.1) is 5.10 Å². The topological polar surface area (TPSA) is 63.8 Å². The molecule has 0 aliphatic rings. The van der Waals surface area contributed by atoms with E-state index in [1.807, 2.05) is 0 Å². The van der Waals surface area contributed by atoms with Crippen LogP contribution in [0.3, 0.4) is 0 Å². The van der Waals surface area contributed by atoms with Gasteiger partial charge in [0.2, 0.25) is 0 Å². The molecule has 0 aliphatic heterocycles. The first kappa shape index (κ1) is 9.72. The third kappa shape index (κ3) is 2.16. The Balaban J connectivity index is 2.08. The Hall–Kier alpha value is -0.820. The monoisotopic (exact) mass is 226 g/mol. The van der Waals surface area contributed by atoms with Crippen LogP contribution in [0.25, 0.3) is 0 Å². The van der Waals surface area contributed by atoms with Crippen molar-refractivity contribution < 1.29 is 0 Å². The van der Waals surface area contributed by atoms with Crippen LogP contribution in [-0.2, 0) is 6.42 Å². The van der Waals surface area contributed by atoms with Crippen molar-refractivity contribution in [2.45, 2.75) is 12.5 Å². The van der Waals surface area contributed by atoms with Crippen LogP contribution in [-0.4, -0.2) is 9.59 Å². The van der Waals surface area contributed by atoms with Crippen molar-refractivity contribution >= 4 is 22.9 Å². The fourth-order valence-corrected chi connectivity index (χ4v) is 2.46. The maximum Gasteiger partial charge on any atom is 0.0670 e. The summed E-state index contributed by atoms with van der Waals surface area (Å²) in [6.07, 6.45) is 2.63. The van der Waals surface area contributed by atoms with E-state index in [1.54, 1.807) is 17.5 Å². The van der Waals surface area contributed by atoms with Gasteiger partial charge in [0.1, 0.15) is 0 Å². The molecular weight excluding hydrogens is 216 g/mol. The summed E-state index contributed by atoms with van der Waals surface area (Å²) in [7, 11) is 0. The Kier molecular flexibility index (Phi) is 3.20. The molecule has 0 aromatic carbocycles. The second kappa shape index (κ2) is 4.61. The largest absolute Gasteiger partial charge is 0.271 e. The fourth-order valence-electron chi connectivity index (χ4n) is 1.21. The number of nitrogens with one attached hydrogen (secondary N) is 1. The number of hydrogen-bond donors (Lipinski definition) is 2. The molecule has 3 N–H and O–H groups in total. The summed E-state index contributed by atoms with van der Waals surface area (Å²) in [5, 5.41) is 7.98. The van der Waals surface area contributed by atoms with E-state index >= 15 is 0 Å². The molecule has 0 aliphatic carbocycles. The van der Waals surface area contributed by atoms with Crippen LogP contribution in [0.2, 0.25) is 0 Å². The molecule has 0 fully saturated rings. The first-order chi connectivity index (χ1) is 6.90. The molecule has 74 valence electrons. The molecule has 0 amide bonds. The lowest BCUT2D eigenvalue weighted by atomic mass is 10.1. The van der Waals surface area contributed by atoms with Gasteiger partial charge in [-0.25, -0.2) is 0 Å². The highest BCUT2D eigenvalue weighted by Crippen LogP contribution is 2.20. The van der Waals surface area contributed by atoms with E-state index in [9.17, 15) is 0 Å². The van der Waals surface area contributed by atoms with Gasteiger partial charge >= 0.3 is 0 Å². The van der Waals surface area contributed by atoms with Crippen molar-refractivity contribution in [3.05, 3.63) is 33.5 Å². The Bertz CT molecular complexity index is 357. The van der Waals surface area contributed by atoms with Gasteiger partial charge in [0, 0.05) is 0 Å². The molecule has 0 spiro atoms. The molecule has 2 heterocycles. The summed E-state index contributed by atoms with van der Waals surface area (Å²) in [6.45, 7) is 0. The van der Waals surface area contributed by atoms with Crippen LogP contribution in [0.5, 0.6) is 0 Å². The predicted octanol–water partition coefficient (Wildman–Crippen LogP) is 1.35. The van der Waals surface area contributed by atoms with Crippen LogP contribution in [0.15, 0.2) is 23.0 Å². The minimum Gasteiger partial charge on any atom is -0.271 e. The van der Waals surface area contributed by atoms with E-state index < -0.39 is 0 Å². The lowest BCUT2D eigenvalue weighted by Gasteiger charge is -2.11. The van der Waals surface area contributed by atoms with E-state index in [1.165, 1.54) is 17.1 Å². The summed E-state index contributed by atoms with van der Waals surface area (Å²) in [5.41, 5.74) is 4.06. The average Bonchev–Trinajstić information content (AvgIpc) is 2.86. The molecule has 1 unspecified atom stereocenters. The van der Waals surface area contributed by atoms with Crippen molar-refractivity contribution in [1.82, 2.24) is 15.0 Å².